The maximum atomic E-state index is 10.9. The lowest BCUT2D eigenvalue weighted by molar-refractivity contribution is -0.138. The molecule has 5 nitrogen and oxygen atoms in total. The summed E-state index contributed by atoms with van der Waals surface area (Å²) in [6, 6.07) is 0.756. The lowest BCUT2D eigenvalue weighted by atomic mass is 9.98. The van der Waals surface area contributed by atoms with Crippen LogP contribution in [0.5, 0.6) is 11.5 Å². The van der Waals surface area contributed by atoms with Crippen LogP contribution in [0.3, 0.4) is 0 Å². The Balaban J connectivity index is 3.30. The van der Waals surface area contributed by atoms with Crippen molar-refractivity contribution < 1.29 is 19.4 Å². The zero-order chi connectivity index (χ0) is 14.6. The van der Waals surface area contributed by atoms with Crippen molar-refractivity contribution in [1.82, 2.24) is 0 Å². The molecular weight excluding hydrogens is 270 g/mol. The molecule has 19 heavy (non-hydrogen) atoms. The van der Waals surface area contributed by atoms with Crippen molar-refractivity contribution >= 4 is 17.6 Å². The van der Waals surface area contributed by atoms with Gasteiger partial charge in [-0.25, -0.2) is 0 Å². The van der Waals surface area contributed by atoms with E-state index in [1.807, 2.05) is 6.92 Å². The van der Waals surface area contributed by atoms with Crippen LogP contribution in [-0.4, -0.2) is 31.3 Å². The third-order valence-electron chi connectivity index (χ3n) is 2.92. The maximum absolute atomic E-state index is 10.9. The summed E-state index contributed by atoms with van der Waals surface area (Å²) in [5.41, 5.74) is 7.16. The molecule has 1 aromatic rings. The first-order valence-corrected chi connectivity index (χ1v) is 6.24. The van der Waals surface area contributed by atoms with E-state index >= 15 is 0 Å². The van der Waals surface area contributed by atoms with Crippen LogP contribution in [0.25, 0.3) is 0 Å². The first kappa shape index (κ1) is 15.6. The molecule has 1 atom stereocenters. The van der Waals surface area contributed by atoms with Crippen molar-refractivity contribution in [2.75, 3.05) is 14.2 Å². The largest absolute Gasteiger partial charge is 0.493 e. The summed E-state index contributed by atoms with van der Waals surface area (Å²) in [6.07, 6.45) is 0.847. The second kappa shape index (κ2) is 6.63. The van der Waals surface area contributed by atoms with Gasteiger partial charge in [-0.15, -0.1) is 0 Å². The Morgan fingerprint density at radius 2 is 2.11 bits per heavy atom. The zero-order valence-corrected chi connectivity index (χ0v) is 12.0. The minimum absolute atomic E-state index is 0.193. The van der Waals surface area contributed by atoms with Crippen molar-refractivity contribution in [2.24, 2.45) is 5.73 Å². The number of hydrogen-bond donors (Lipinski definition) is 2. The summed E-state index contributed by atoms with van der Waals surface area (Å²) in [5, 5.41) is 9.33. The molecule has 0 saturated carbocycles. The van der Waals surface area contributed by atoms with Crippen LogP contribution in [0.15, 0.2) is 6.07 Å². The Bertz CT molecular complexity index is 476. The summed E-state index contributed by atoms with van der Waals surface area (Å²) >= 11 is 6.27. The van der Waals surface area contributed by atoms with Gasteiger partial charge in [0.15, 0.2) is 11.5 Å². The molecule has 6 heteroatoms. The van der Waals surface area contributed by atoms with Crippen LogP contribution in [-0.2, 0) is 17.6 Å². The number of rotatable bonds is 6. The van der Waals surface area contributed by atoms with Crippen LogP contribution in [0.4, 0.5) is 0 Å². The quantitative estimate of drug-likeness (QED) is 0.835. The monoisotopic (exact) mass is 287 g/mol. The third-order valence-corrected chi connectivity index (χ3v) is 3.32. The Kier molecular flexibility index (Phi) is 5.44. The number of halogens is 1. The highest BCUT2D eigenvalue weighted by Gasteiger charge is 2.20. The molecule has 1 aromatic carbocycles. The standard InChI is InChI=1S/C13H18ClNO4/c1-4-8-7(5-9(15)13(16)17)6-10(18-2)12(19-3)11(8)14/h6,9H,4-5,15H2,1-3H3,(H,16,17). The van der Waals surface area contributed by atoms with Crippen LogP contribution < -0.4 is 15.2 Å². The summed E-state index contributed by atoms with van der Waals surface area (Å²) < 4.78 is 10.4. The Hall–Kier alpha value is -1.46. The lowest BCUT2D eigenvalue weighted by Gasteiger charge is -2.17. The van der Waals surface area contributed by atoms with Gasteiger partial charge in [-0.05, 0) is 30.0 Å². The number of carbonyl (C=O) groups is 1. The Morgan fingerprint density at radius 1 is 1.47 bits per heavy atom. The highest BCUT2D eigenvalue weighted by Crippen LogP contribution is 2.40. The Labute approximate surface area is 117 Å². The van der Waals surface area contributed by atoms with E-state index in [0.717, 1.165) is 11.1 Å². The van der Waals surface area contributed by atoms with Gasteiger partial charge in [-0.2, -0.15) is 0 Å². The van der Waals surface area contributed by atoms with Crippen LogP contribution in [0, 0.1) is 0 Å². The summed E-state index contributed by atoms with van der Waals surface area (Å²) in [4.78, 5) is 10.9. The highest BCUT2D eigenvalue weighted by atomic mass is 35.5. The van der Waals surface area contributed by atoms with Gasteiger partial charge in [0.05, 0.1) is 19.2 Å². The minimum Gasteiger partial charge on any atom is -0.493 e. The predicted molar refractivity (Wildman–Crippen MR) is 73.2 cm³/mol. The van der Waals surface area contributed by atoms with E-state index in [2.05, 4.69) is 0 Å². The van der Waals surface area contributed by atoms with Gasteiger partial charge in [0.25, 0.3) is 0 Å². The molecule has 0 amide bonds. The second-order valence-electron chi connectivity index (χ2n) is 4.07. The van der Waals surface area contributed by atoms with E-state index in [9.17, 15) is 4.79 Å². The van der Waals surface area contributed by atoms with Crippen molar-refractivity contribution in [1.29, 1.82) is 0 Å². The summed E-state index contributed by atoms with van der Waals surface area (Å²) in [6.45, 7) is 1.93. The van der Waals surface area contributed by atoms with Gasteiger partial charge in [0.2, 0.25) is 0 Å². The number of carboxylic acids is 1. The summed E-state index contributed by atoms with van der Waals surface area (Å²) in [7, 11) is 3.01. The van der Waals surface area contributed by atoms with E-state index in [1.165, 1.54) is 14.2 Å². The highest BCUT2D eigenvalue weighted by molar-refractivity contribution is 6.33. The van der Waals surface area contributed by atoms with Crippen molar-refractivity contribution in [2.45, 2.75) is 25.8 Å². The molecule has 106 valence electrons. The molecule has 1 unspecified atom stereocenters. The van der Waals surface area contributed by atoms with E-state index in [4.69, 9.17) is 31.9 Å². The molecule has 0 aliphatic carbocycles. The van der Waals surface area contributed by atoms with Crippen molar-refractivity contribution in [3.63, 3.8) is 0 Å². The SMILES string of the molecule is CCc1c(CC(N)C(=O)O)cc(OC)c(OC)c1Cl. The Morgan fingerprint density at radius 3 is 2.53 bits per heavy atom. The molecule has 0 aliphatic heterocycles. The number of nitrogens with two attached hydrogens (primary N) is 1. The van der Waals surface area contributed by atoms with Crippen molar-refractivity contribution in [3.05, 3.63) is 22.2 Å². The molecule has 0 heterocycles. The van der Waals surface area contributed by atoms with Gasteiger partial charge in [0, 0.05) is 0 Å². The normalized spacial score (nSPS) is 12.1. The van der Waals surface area contributed by atoms with Crippen LogP contribution in [0.2, 0.25) is 5.02 Å². The molecule has 0 aromatic heterocycles. The zero-order valence-electron chi connectivity index (χ0n) is 11.2. The number of hydrogen-bond acceptors (Lipinski definition) is 4. The topological polar surface area (TPSA) is 81.8 Å². The van der Waals surface area contributed by atoms with Crippen LogP contribution in [0.1, 0.15) is 18.1 Å². The lowest BCUT2D eigenvalue weighted by Crippen LogP contribution is -2.32. The average Bonchev–Trinajstić information content (AvgIpc) is 2.38. The van der Waals surface area contributed by atoms with E-state index in [0.29, 0.717) is 22.9 Å². The smallest absolute Gasteiger partial charge is 0.320 e. The number of methoxy groups -OCH3 is 2. The predicted octanol–water partition coefficient (Wildman–Crippen LogP) is 1.87. The molecule has 0 saturated heterocycles. The molecule has 1 rings (SSSR count). The third kappa shape index (κ3) is 3.30. The molecule has 0 aliphatic rings. The first-order valence-electron chi connectivity index (χ1n) is 5.86. The van der Waals surface area contributed by atoms with Gasteiger partial charge in [0.1, 0.15) is 6.04 Å². The number of carboxylic acid groups (broad SMARTS) is 1. The van der Waals surface area contributed by atoms with Gasteiger partial charge in [-0.1, -0.05) is 18.5 Å². The molecule has 3 N–H and O–H groups in total. The molecule has 0 bridgehead atoms. The minimum atomic E-state index is -1.05. The molecule has 0 spiro atoms. The van der Waals surface area contributed by atoms with Crippen molar-refractivity contribution in [3.8, 4) is 11.5 Å². The van der Waals surface area contributed by atoms with E-state index < -0.39 is 12.0 Å². The molecule has 0 radical (unpaired) electrons. The second-order valence-corrected chi connectivity index (χ2v) is 4.44. The first-order chi connectivity index (χ1) is 8.96. The fraction of sp³-hybridized carbons (Fsp3) is 0.462. The number of benzene rings is 1. The average molecular weight is 288 g/mol. The van der Waals surface area contributed by atoms with Crippen LogP contribution >= 0.6 is 11.6 Å². The molecular formula is C13H18ClNO4. The van der Waals surface area contributed by atoms with Gasteiger partial charge < -0.3 is 20.3 Å². The molecule has 0 fully saturated rings. The maximum Gasteiger partial charge on any atom is 0.320 e. The fourth-order valence-corrected chi connectivity index (χ4v) is 2.35. The van der Waals surface area contributed by atoms with E-state index in [1.54, 1.807) is 6.07 Å². The van der Waals surface area contributed by atoms with Gasteiger partial charge >= 0.3 is 5.97 Å². The number of aliphatic carboxylic acids is 1. The summed E-state index contributed by atoms with van der Waals surface area (Å²) in [5.74, 6) is -0.126. The number of ether oxygens (including phenoxy) is 2. The van der Waals surface area contributed by atoms with E-state index in [-0.39, 0.29) is 6.42 Å². The fourth-order valence-electron chi connectivity index (χ4n) is 1.93. The van der Waals surface area contributed by atoms with Gasteiger partial charge in [-0.3, -0.25) is 4.79 Å².